The van der Waals surface area contributed by atoms with E-state index in [4.69, 9.17) is 0 Å². The van der Waals surface area contributed by atoms with Crippen LogP contribution in [0.4, 0.5) is 5.82 Å². The fraction of sp³-hybridized carbons (Fsp3) is 0.588. The lowest BCUT2D eigenvalue weighted by Gasteiger charge is -2.21. The van der Waals surface area contributed by atoms with Crippen LogP contribution in [0.15, 0.2) is 0 Å². The molecule has 1 fully saturated rings. The largest absolute Gasteiger partial charge is 0.364 e. The van der Waals surface area contributed by atoms with Gasteiger partial charge in [-0.1, -0.05) is 0 Å². The van der Waals surface area contributed by atoms with Gasteiger partial charge in [-0.2, -0.15) is 0 Å². The third-order valence-corrected chi connectivity index (χ3v) is 5.98. The second-order valence-electron chi connectivity index (χ2n) is 6.84. The summed E-state index contributed by atoms with van der Waals surface area (Å²) >= 11 is 1.81. The number of amides is 1. The molecule has 1 saturated heterocycles. The molecule has 2 aromatic heterocycles. The number of hydrogen-bond acceptors (Lipinski definition) is 5. The molecule has 6 heteroatoms. The standard InChI is InChI=1S/C17H22N4OS/c1-9(2)21-8-11(7-14(21)22)20-16-15-12-5-4-6-13(12)23-17(15)19-10(3)18-16/h9,11H,4-8H2,1-3H3,(H,18,19,20)/t11-/m1/s1. The van der Waals surface area contributed by atoms with E-state index in [1.165, 1.54) is 22.2 Å². The Morgan fingerprint density at radius 1 is 1.30 bits per heavy atom. The third-order valence-electron chi connectivity index (χ3n) is 4.80. The zero-order chi connectivity index (χ0) is 16.1. The number of nitrogens with one attached hydrogen (secondary N) is 1. The molecule has 0 saturated carbocycles. The molecule has 2 aromatic rings. The fourth-order valence-corrected chi connectivity index (χ4v) is 5.03. The summed E-state index contributed by atoms with van der Waals surface area (Å²) in [5.41, 5.74) is 1.43. The summed E-state index contributed by atoms with van der Waals surface area (Å²) in [5.74, 6) is 1.95. The van der Waals surface area contributed by atoms with E-state index in [9.17, 15) is 4.79 Å². The quantitative estimate of drug-likeness (QED) is 0.940. The highest BCUT2D eigenvalue weighted by atomic mass is 32.1. The monoisotopic (exact) mass is 330 g/mol. The van der Waals surface area contributed by atoms with Crippen molar-refractivity contribution >= 4 is 33.3 Å². The van der Waals surface area contributed by atoms with Crippen molar-refractivity contribution in [1.82, 2.24) is 14.9 Å². The van der Waals surface area contributed by atoms with Crippen LogP contribution < -0.4 is 5.32 Å². The van der Waals surface area contributed by atoms with Crippen molar-refractivity contribution in [3.05, 3.63) is 16.3 Å². The lowest BCUT2D eigenvalue weighted by atomic mass is 10.1. The summed E-state index contributed by atoms with van der Waals surface area (Å²) in [6, 6.07) is 0.395. The molecule has 2 aliphatic rings. The van der Waals surface area contributed by atoms with E-state index < -0.39 is 0 Å². The lowest BCUT2D eigenvalue weighted by Crippen LogP contribution is -2.33. The number of anilines is 1. The molecule has 0 aromatic carbocycles. The average molecular weight is 330 g/mol. The molecule has 5 nitrogen and oxygen atoms in total. The van der Waals surface area contributed by atoms with Crippen LogP contribution in [0.5, 0.6) is 0 Å². The number of carbonyl (C=O) groups is 1. The van der Waals surface area contributed by atoms with Crippen molar-refractivity contribution in [3.8, 4) is 0 Å². The first-order valence-electron chi connectivity index (χ1n) is 8.38. The first-order chi connectivity index (χ1) is 11.0. The Balaban J connectivity index is 1.68. The van der Waals surface area contributed by atoms with E-state index in [1.807, 2.05) is 23.2 Å². The van der Waals surface area contributed by atoms with Crippen LogP contribution in [0, 0.1) is 6.92 Å². The van der Waals surface area contributed by atoms with Crippen LogP contribution in [-0.2, 0) is 17.6 Å². The zero-order valence-corrected chi connectivity index (χ0v) is 14.7. The molecule has 0 spiro atoms. The summed E-state index contributed by atoms with van der Waals surface area (Å²) in [7, 11) is 0. The van der Waals surface area contributed by atoms with Gasteiger partial charge in [0.05, 0.1) is 11.4 Å². The SMILES string of the molecule is Cc1nc(N[C@@H]2CC(=O)N(C(C)C)C2)c2c3c(sc2n1)CCC3. The summed E-state index contributed by atoms with van der Waals surface area (Å²) in [5, 5.41) is 4.75. The van der Waals surface area contributed by atoms with Gasteiger partial charge in [0.25, 0.3) is 0 Å². The summed E-state index contributed by atoms with van der Waals surface area (Å²) in [6.07, 6.45) is 4.07. The Morgan fingerprint density at radius 3 is 2.87 bits per heavy atom. The summed E-state index contributed by atoms with van der Waals surface area (Å²) in [6.45, 7) is 6.83. The first kappa shape index (κ1) is 14.9. The minimum atomic E-state index is 0.138. The molecule has 0 unspecified atom stereocenters. The van der Waals surface area contributed by atoms with E-state index in [0.29, 0.717) is 6.42 Å². The molecule has 1 atom stereocenters. The number of fused-ring (bicyclic) bond motifs is 3. The van der Waals surface area contributed by atoms with Gasteiger partial charge in [-0.25, -0.2) is 9.97 Å². The Morgan fingerprint density at radius 2 is 2.13 bits per heavy atom. The molecule has 0 radical (unpaired) electrons. The van der Waals surface area contributed by atoms with Crippen molar-refractivity contribution in [2.24, 2.45) is 0 Å². The van der Waals surface area contributed by atoms with Gasteiger partial charge in [0, 0.05) is 23.9 Å². The number of carbonyl (C=O) groups excluding carboxylic acids is 1. The second kappa shape index (κ2) is 5.44. The van der Waals surface area contributed by atoms with Crippen molar-refractivity contribution in [2.45, 2.75) is 58.5 Å². The van der Waals surface area contributed by atoms with E-state index in [-0.39, 0.29) is 18.0 Å². The van der Waals surface area contributed by atoms with Gasteiger partial charge >= 0.3 is 0 Å². The van der Waals surface area contributed by atoms with Crippen molar-refractivity contribution < 1.29 is 4.79 Å². The van der Waals surface area contributed by atoms with Crippen LogP contribution in [0.1, 0.15) is 43.0 Å². The van der Waals surface area contributed by atoms with Crippen LogP contribution in [0.25, 0.3) is 10.2 Å². The molecule has 1 aliphatic carbocycles. The fourth-order valence-electron chi connectivity index (χ4n) is 3.73. The zero-order valence-electron chi connectivity index (χ0n) is 13.8. The molecule has 1 N–H and O–H groups in total. The van der Waals surface area contributed by atoms with Crippen LogP contribution in [0.2, 0.25) is 0 Å². The molecule has 3 heterocycles. The maximum Gasteiger partial charge on any atom is 0.225 e. The molecular weight excluding hydrogens is 308 g/mol. The smallest absolute Gasteiger partial charge is 0.225 e. The Kier molecular flexibility index (Phi) is 3.52. The number of nitrogens with zero attached hydrogens (tertiary/aromatic N) is 3. The third kappa shape index (κ3) is 2.49. The number of rotatable bonds is 3. The highest BCUT2D eigenvalue weighted by molar-refractivity contribution is 7.19. The number of aryl methyl sites for hydroxylation is 3. The van der Waals surface area contributed by atoms with Gasteiger partial charge < -0.3 is 10.2 Å². The topological polar surface area (TPSA) is 58.1 Å². The maximum absolute atomic E-state index is 12.1. The predicted octanol–water partition coefficient (Wildman–Crippen LogP) is 2.91. The van der Waals surface area contributed by atoms with Gasteiger partial charge in [0.15, 0.2) is 0 Å². The molecule has 1 aliphatic heterocycles. The van der Waals surface area contributed by atoms with E-state index in [2.05, 4.69) is 29.1 Å². The van der Waals surface area contributed by atoms with E-state index >= 15 is 0 Å². The average Bonchev–Trinajstić information content (AvgIpc) is 3.12. The highest BCUT2D eigenvalue weighted by Gasteiger charge is 2.32. The van der Waals surface area contributed by atoms with Gasteiger partial charge in [-0.05, 0) is 45.6 Å². The first-order valence-corrected chi connectivity index (χ1v) is 9.19. The number of aromatic nitrogens is 2. The Hall–Kier alpha value is -1.69. The van der Waals surface area contributed by atoms with Crippen molar-refractivity contribution in [2.75, 3.05) is 11.9 Å². The molecular formula is C17H22N4OS. The minimum Gasteiger partial charge on any atom is -0.364 e. The van der Waals surface area contributed by atoms with E-state index in [0.717, 1.165) is 35.9 Å². The van der Waals surface area contributed by atoms with E-state index in [1.54, 1.807) is 0 Å². The van der Waals surface area contributed by atoms with Crippen LogP contribution >= 0.6 is 11.3 Å². The summed E-state index contributed by atoms with van der Waals surface area (Å²) < 4.78 is 0. The van der Waals surface area contributed by atoms with Gasteiger partial charge in [0.2, 0.25) is 5.91 Å². The molecule has 1 amide bonds. The van der Waals surface area contributed by atoms with Gasteiger partial charge in [-0.3, -0.25) is 4.79 Å². The van der Waals surface area contributed by atoms with Crippen molar-refractivity contribution in [3.63, 3.8) is 0 Å². The Labute approximate surface area is 140 Å². The predicted molar refractivity (Wildman–Crippen MR) is 93.1 cm³/mol. The van der Waals surface area contributed by atoms with Gasteiger partial charge in [0.1, 0.15) is 16.5 Å². The number of hydrogen-bond donors (Lipinski definition) is 1. The number of likely N-dealkylation sites (tertiary alicyclic amines) is 1. The maximum atomic E-state index is 12.1. The lowest BCUT2D eigenvalue weighted by molar-refractivity contribution is -0.129. The minimum absolute atomic E-state index is 0.138. The molecule has 0 bridgehead atoms. The Bertz CT molecular complexity index is 782. The molecule has 23 heavy (non-hydrogen) atoms. The highest BCUT2D eigenvalue weighted by Crippen LogP contribution is 2.39. The van der Waals surface area contributed by atoms with Crippen LogP contribution in [0.3, 0.4) is 0 Å². The van der Waals surface area contributed by atoms with Crippen LogP contribution in [-0.4, -0.2) is 39.4 Å². The normalized spacial score (nSPS) is 20.8. The summed E-state index contributed by atoms with van der Waals surface area (Å²) in [4.78, 5) is 25.9. The second-order valence-corrected chi connectivity index (χ2v) is 7.93. The van der Waals surface area contributed by atoms with Crippen molar-refractivity contribution in [1.29, 1.82) is 0 Å². The van der Waals surface area contributed by atoms with Gasteiger partial charge in [-0.15, -0.1) is 11.3 Å². The number of thiophene rings is 1. The molecule has 122 valence electrons. The molecule has 4 rings (SSSR count).